The second-order valence-electron chi connectivity index (χ2n) is 7.34. The molecule has 2 heterocycles. The van der Waals surface area contributed by atoms with Crippen molar-refractivity contribution in [3.05, 3.63) is 83.2 Å². The van der Waals surface area contributed by atoms with Gasteiger partial charge in [0.1, 0.15) is 0 Å². The first-order chi connectivity index (χ1) is 14.3. The van der Waals surface area contributed by atoms with E-state index in [9.17, 15) is 16.8 Å². The van der Waals surface area contributed by atoms with Crippen LogP contribution in [0.25, 0.3) is 0 Å². The number of aromatic nitrogens is 1. The maximum Gasteiger partial charge on any atom is 0.240 e. The Balaban J connectivity index is 1.69. The van der Waals surface area contributed by atoms with Gasteiger partial charge in [0.15, 0.2) is 0 Å². The van der Waals surface area contributed by atoms with E-state index in [0.29, 0.717) is 30.4 Å². The largest absolute Gasteiger partial charge is 0.265 e. The van der Waals surface area contributed by atoms with E-state index in [4.69, 9.17) is 0 Å². The number of nitrogens with one attached hydrogen (secondary N) is 1. The van der Waals surface area contributed by atoms with Crippen LogP contribution >= 0.6 is 0 Å². The molecule has 0 unspecified atom stereocenters. The normalized spacial score (nSPS) is 15.1. The lowest BCUT2D eigenvalue weighted by molar-refractivity contribution is 0.580. The van der Waals surface area contributed by atoms with Crippen LogP contribution in [0, 0.1) is 6.92 Å². The molecule has 1 aromatic heterocycles. The number of sulfone groups is 1. The Morgan fingerprint density at radius 1 is 0.967 bits per heavy atom. The molecule has 1 aliphatic rings. The second-order valence-corrected chi connectivity index (χ2v) is 11.0. The van der Waals surface area contributed by atoms with Crippen LogP contribution in [0.5, 0.6) is 0 Å². The lowest BCUT2D eigenvalue weighted by atomic mass is 10.0. The Labute approximate surface area is 177 Å². The summed E-state index contributed by atoms with van der Waals surface area (Å²) in [5.74, 6) is 0. The van der Waals surface area contributed by atoms with Gasteiger partial charge in [0.05, 0.1) is 14.7 Å². The van der Waals surface area contributed by atoms with Crippen LogP contribution in [0.2, 0.25) is 0 Å². The third-order valence-electron chi connectivity index (χ3n) is 5.32. The predicted octanol–water partition coefficient (Wildman–Crippen LogP) is 2.84. The van der Waals surface area contributed by atoms with E-state index in [-0.39, 0.29) is 21.2 Å². The average Bonchev–Trinajstić information content (AvgIpc) is 2.82. The SMILES string of the molecule is Cc1cc2c(cc1S(=O)(=O)NCCc1ccncc1)S(=O)(=O)c1ccccc1CC2. The molecule has 0 amide bonds. The van der Waals surface area contributed by atoms with E-state index in [1.807, 2.05) is 24.3 Å². The van der Waals surface area contributed by atoms with Crippen molar-refractivity contribution < 1.29 is 16.8 Å². The van der Waals surface area contributed by atoms with Gasteiger partial charge in [-0.2, -0.15) is 0 Å². The third kappa shape index (κ3) is 3.90. The van der Waals surface area contributed by atoms with E-state index in [0.717, 1.165) is 11.1 Å². The van der Waals surface area contributed by atoms with Gasteiger partial charge in [-0.15, -0.1) is 0 Å². The first-order valence-electron chi connectivity index (χ1n) is 9.64. The summed E-state index contributed by atoms with van der Waals surface area (Å²) in [5.41, 5.74) is 2.91. The second kappa shape index (κ2) is 7.94. The molecule has 4 rings (SSSR count). The quantitative estimate of drug-likeness (QED) is 0.656. The van der Waals surface area contributed by atoms with Crippen molar-refractivity contribution >= 4 is 19.9 Å². The zero-order chi connectivity index (χ0) is 21.4. The van der Waals surface area contributed by atoms with Crippen LogP contribution in [0.1, 0.15) is 22.3 Å². The highest BCUT2D eigenvalue weighted by atomic mass is 32.2. The average molecular weight is 443 g/mol. The number of benzene rings is 2. The fourth-order valence-electron chi connectivity index (χ4n) is 3.78. The zero-order valence-corrected chi connectivity index (χ0v) is 18.1. The Bertz CT molecular complexity index is 1300. The summed E-state index contributed by atoms with van der Waals surface area (Å²) < 4.78 is 55.1. The monoisotopic (exact) mass is 442 g/mol. The van der Waals surface area contributed by atoms with Gasteiger partial charge in [-0.1, -0.05) is 24.3 Å². The summed E-state index contributed by atoms with van der Waals surface area (Å²) in [6.45, 7) is 1.90. The molecule has 0 spiro atoms. The molecule has 0 bridgehead atoms. The molecule has 8 heteroatoms. The predicted molar refractivity (Wildman–Crippen MR) is 114 cm³/mol. The minimum absolute atomic E-state index is 0.000987. The summed E-state index contributed by atoms with van der Waals surface area (Å²) in [7, 11) is -7.66. The van der Waals surface area contributed by atoms with Crippen molar-refractivity contribution in [3.8, 4) is 0 Å². The maximum atomic E-state index is 13.3. The molecule has 0 fully saturated rings. The molecule has 0 atom stereocenters. The molecule has 156 valence electrons. The Hall–Kier alpha value is -2.55. The van der Waals surface area contributed by atoms with Crippen molar-refractivity contribution in [1.29, 1.82) is 0 Å². The van der Waals surface area contributed by atoms with E-state index in [2.05, 4.69) is 9.71 Å². The van der Waals surface area contributed by atoms with E-state index >= 15 is 0 Å². The van der Waals surface area contributed by atoms with Crippen LogP contribution in [-0.4, -0.2) is 28.4 Å². The lowest BCUT2D eigenvalue weighted by Gasteiger charge is -2.14. The topological polar surface area (TPSA) is 93.2 Å². The molecule has 0 radical (unpaired) electrons. The molecule has 6 nitrogen and oxygen atoms in total. The van der Waals surface area contributed by atoms with Crippen molar-refractivity contribution in [2.24, 2.45) is 0 Å². The molecular formula is C22H22N2O4S2. The number of aryl methyl sites for hydroxylation is 3. The van der Waals surface area contributed by atoms with Gasteiger partial charge in [-0.25, -0.2) is 21.6 Å². The summed E-state index contributed by atoms with van der Waals surface area (Å²) in [5, 5.41) is 0. The molecule has 30 heavy (non-hydrogen) atoms. The van der Waals surface area contributed by atoms with E-state index < -0.39 is 19.9 Å². The molecule has 1 aliphatic heterocycles. The highest BCUT2D eigenvalue weighted by Gasteiger charge is 2.30. The summed E-state index contributed by atoms with van der Waals surface area (Å²) in [6, 6.07) is 13.6. The molecule has 0 saturated carbocycles. The number of pyridine rings is 1. The molecular weight excluding hydrogens is 420 g/mol. The third-order valence-corrected chi connectivity index (χ3v) is 8.86. The van der Waals surface area contributed by atoms with Crippen molar-refractivity contribution in [2.45, 2.75) is 40.9 Å². The number of rotatable bonds is 5. The lowest BCUT2D eigenvalue weighted by Crippen LogP contribution is -2.27. The maximum absolute atomic E-state index is 13.3. The summed E-state index contributed by atoms with van der Waals surface area (Å²) >= 11 is 0. The van der Waals surface area contributed by atoms with Gasteiger partial charge < -0.3 is 0 Å². The van der Waals surface area contributed by atoms with E-state index in [1.54, 1.807) is 37.5 Å². The van der Waals surface area contributed by atoms with Crippen LogP contribution in [-0.2, 0) is 39.1 Å². The number of sulfonamides is 1. The molecule has 0 aliphatic carbocycles. The van der Waals surface area contributed by atoms with Gasteiger partial charge in [0.25, 0.3) is 0 Å². The Morgan fingerprint density at radius 3 is 2.43 bits per heavy atom. The van der Waals surface area contributed by atoms with Crippen LogP contribution in [0.4, 0.5) is 0 Å². The fourth-order valence-corrected chi connectivity index (χ4v) is 6.93. The number of nitrogens with zero attached hydrogens (tertiary/aromatic N) is 1. The molecule has 0 saturated heterocycles. The van der Waals surface area contributed by atoms with Crippen molar-refractivity contribution in [1.82, 2.24) is 9.71 Å². The Kier molecular flexibility index (Phi) is 5.48. The summed E-state index contributed by atoms with van der Waals surface area (Å²) in [4.78, 5) is 4.27. The van der Waals surface area contributed by atoms with Gasteiger partial charge in [-0.3, -0.25) is 4.98 Å². The highest BCUT2D eigenvalue weighted by molar-refractivity contribution is 7.92. The smallest absolute Gasteiger partial charge is 0.240 e. The molecule has 3 aromatic rings. The van der Waals surface area contributed by atoms with Crippen LogP contribution < -0.4 is 4.72 Å². The van der Waals surface area contributed by atoms with Crippen LogP contribution in [0.15, 0.2) is 75.6 Å². The van der Waals surface area contributed by atoms with Gasteiger partial charge in [0, 0.05) is 18.9 Å². The van der Waals surface area contributed by atoms with Gasteiger partial charge >= 0.3 is 0 Å². The zero-order valence-electron chi connectivity index (χ0n) is 16.5. The molecule has 2 aromatic carbocycles. The van der Waals surface area contributed by atoms with E-state index in [1.165, 1.54) is 6.07 Å². The number of fused-ring (bicyclic) bond motifs is 2. The number of hydrogen-bond acceptors (Lipinski definition) is 5. The summed E-state index contributed by atoms with van der Waals surface area (Å²) in [6.07, 6.45) is 4.96. The standard InChI is InChI=1S/C22H22N2O4S2/c1-16-14-19-7-6-18-4-2-3-5-20(18)29(25,26)22(19)15-21(16)30(27,28)24-13-10-17-8-11-23-12-9-17/h2-5,8-9,11-12,14-15,24H,6-7,10,13H2,1H3. The van der Waals surface area contributed by atoms with Crippen molar-refractivity contribution in [2.75, 3.05) is 6.54 Å². The first-order valence-corrected chi connectivity index (χ1v) is 12.6. The number of hydrogen-bond donors (Lipinski definition) is 1. The first kappa shape index (κ1) is 20.7. The minimum Gasteiger partial charge on any atom is -0.265 e. The fraction of sp³-hybridized carbons (Fsp3) is 0.227. The van der Waals surface area contributed by atoms with Crippen LogP contribution in [0.3, 0.4) is 0 Å². The minimum atomic E-state index is -3.86. The highest BCUT2D eigenvalue weighted by Crippen LogP contribution is 2.34. The Morgan fingerprint density at radius 2 is 1.67 bits per heavy atom. The van der Waals surface area contributed by atoms with Gasteiger partial charge in [0.2, 0.25) is 19.9 Å². The van der Waals surface area contributed by atoms with Crippen molar-refractivity contribution in [3.63, 3.8) is 0 Å². The molecule has 1 N–H and O–H groups in total. The van der Waals surface area contributed by atoms with Gasteiger partial charge in [-0.05, 0) is 72.7 Å².